The first-order valence-electron chi connectivity index (χ1n) is 8.89. The number of nitrogens with one attached hydrogen (secondary N) is 1. The van der Waals surface area contributed by atoms with Gasteiger partial charge in [-0.15, -0.1) is 0 Å². The lowest BCUT2D eigenvalue weighted by Gasteiger charge is -2.16. The molecule has 1 aliphatic rings. The number of carbonyl (C=O) groups excluding carboxylic acids is 1. The van der Waals surface area contributed by atoms with E-state index in [9.17, 15) is 4.79 Å². The molecule has 0 unspecified atom stereocenters. The fourth-order valence-corrected chi connectivity index (χ4v) is 3.13. The van der Waals surface area contributed by atoms with Crippen LogP contribution in [0.25, 0.3) is 16.6 Å². The Balaban J connectivity index is 1.69. The Morgan fingerprint density at radius 3 is 2.96 bits per heavy atom. The van der Waals surface area contributed by atoms with Crippen molar-refractivity contribution < 1.29 is 18.7 Å². The fourth-order valence-electron chi connectivity index (χ4n) is 3.13. The number of methoxy groups -OCH3 is 1. The normalized spacial score (nSPS) is 14.0. The van der Waals surface area contributed by atoms with Gasteiger partial charge in [-0.1, -0.05) is 6.08 Å². The van der Waals surface area contributed by atoms with Gasteiger partial charge in [0.15, 0.2) is 5.82 Å². The van der Waals surface area contributed by atoms with Crippen molar-refractivity contribution in [1.29, 1.82) is 0 Å². The van der Waals surface area contributed by atoms with E-state index in [0.717, 1.165) is 23.1 Å². The van der Waals surface area contributed by atoms with Crippen molar-refractivity contribution in [2.24, 2.45) is 5.73 Å². The molecular formula is C20H20N4O4. The first-order chi connectivity index (χ1) is 13.7. The lowest BCUT2D eigenvalue weighted by Crippen LogP contribution is -2.13. The minimum absolute atomic E-state index is 0.226. The molecule has 28 heavy (non-hydrogen) atoms. The van der Waals surface area contributed by atoms with Crippen LogP contribution in [-0.4, -0.2) is 36.2 Å². The van der Waals surface area contributed by atoms with E-state index >= 15 is 0 Å². The van der Waals surface area contributed by atoms with Gasteiger partial charge in [0.05, 0.1) is 38.6 Å². The molecular weight excluding hydrogens is 360 g/mol. The lowest BCUT2D eigenvalue weighted by molar-refractivity contribution is 0.102. The van der Waals surface area contributed by atoms with Crippen LogP contribution >= 0.6 is 0 Å². The predicted octanol–water partition coefficient (Wildman–Crippen LogP) is 2.75. The van der Waals surface area contributed by atoms with Gasteiger partial charge >= 0.3 is 0 Å². The highest BCUT2D eigenvalue weighted by Crippen LogP contribution is 2.32. The molecule has 2 aromatic heterocycles. The number of ether oxygens (including phenoxy) is 2. The Morgan fingerprint density at radius 1 is 1.36 bits per heavy atom. The second-order valence-corrected chi connectivity index (χ2v) is 6.28. The summed E-state index contributed by atoms with van der Waals surface area (Å²) >= 11 is 0. The number of hydrogen-bond donors (Lipinski definition) is 2. The Labute approximate surface area is 161 Å². The molecule has 4 rings (SSSR count). The van der Waals surface area contributed by atoms with Crippen molar-refractivity contribution in [3.8, 4) is 5.75 Å². The standard InChI is InChI=1S/C20H20N4O4/c1-26-16-3-2-15(12-4-6-27-7-5-12)18-19(16)23-17(10-22-18)24-20(25)13-8-14(9-21)28-11-13/h2-4,8,10-11H,5-7,9,21H2,1H3,(H,23,24,25). The van der Waals surface area contributed by atoms with E-state index in [1.165, 1.54) is 12.5 Å². The summed E-state index contributed by atoms with van der Waals surface area (Å²) in [5, 5.41) is 2.73. The van der Waals surface area contributed by atoms with Gasteiger partial charge in [-0.25, -0.2) is 9.97 Å². The first kappa shape index (κ1) is 18.1. The van der Waals surface area contributed by atoms with Gasteiger partial charge in [-0.2, -0.15) is 0 Å². The summed E-state index contributed by atoms with van der Waals surface area (Å²) in [6, 6.07) is 5.43. The molecule has 1 aromatic carbocycles. The molecule has 0 fully saturated rings. The summed E-state index contributed by atoms with van der Waals surface area (Å²) < 4.78 is 16.0. The smallest absolute Gasteiger partial charge is 0.260 e. The van der Waals surface area contributed by atoms with Gasteiger partial charge < -0.3 is 24.9 Å². The molecule has 3 aromatic rings. The highest BCUT2D eigenvalue weighted by molar-refractivity contribution is 6.04. The summed E-state index contributed by atoms with van der Waals surface area (Å²) in [4.78, 5) is 21.5. The number of hydrogen-bond acceptors (Lipinski definition) is 7. The quantitative estimate of drug-likeness (QED) is 0.700. The Bertz CT molecular complexity index is 1060. The number of fused-ring (bicyclic) bond motifs is 1. The average Bonchev–Trinajstić information content (AvgIpc) is 3.23. The highest BCUT2D eigenvalue weighted by atomic mass is 16.5. The van der Waals surface area contributed by atoms with Crippen molar-refractivity contribution >= 4 is 28.3 Å². The van der Waals surface area contributed by atoms with E-state index in [1.54, 1.807) is 13.2 Å². The van der Waals surface area contributed by atoms with Gasteiger partial charge in [0.1, 0.15) is 28.8 Å². The molecule has 3 N–H and O–H groups in total. The highest BCUT2D eigenvalue weighted by Gasteiger charge is 2.17. The van der Waals surface area contributed by atoms with Crippen molar-refractivity contribution in [2.75, 3.05) is 25.6 Å². The minimum atomic E-state index is -0.348. The van der Waals surface area contributed by atoms with Gasteiger partial charge in [0.2, 0.25) is 0 Å². The van der Waals surface area contributed by atoms with Crippen molar-refractivity contribution in [3.63, 3.8) is 0 Å². The second kappa shape index (κ2) is 7.79. The van der Waals surface area contributed by atoms with Crippen LogP contribution in [0.3, 0.4) is 0 Å². The molecule has 0 spiro atoms. The summed E-state index contributed by atoms with van der Waals surface area (Å²) in [5.41, 5.74) is 9.34. The van der Waals surface area contributed by atoms with E-state index < -0.39 is 0 Å². The molecule has 1 aliphatic heterocycles. The first-order valence-corrected chi connectivity index (χ1v) is 8.89. The van der Waals surface area contributed by atoms with Crippen LogP contribution in [0.4, 0.5) is 5.82 Å². The maximum atomic E-state index is 12.4. The van der Waals surface area contributed by atoms with E-state index in [0.29, 0.717) is 41.6 Å². The summed E-state index contributed by atoms with van der Waals surface area (Å²) in [7, 11) is 1.58. The number of anilines is 1. The van der Waals surface area contributed by atoms with Crippen molar-refractivity contribution in [1.82, 2.24) is 9.97 Å². The summed E-state index contributed by atoms with van der Waals surface area (Å²) in [5.74, 6) is 1.10. The molecule has 0 aliphatic carbocycles. The van der Waals surface area contributed by atoms with Gasteiger partial charge in [0, 0.05) is 5.56 Å². The van der Waals surface area contributed by atoms with Crippen LogP contribution in [-0.2, 0) is 11.3 Å². The number of nitrogens with two attached hydrogens (primary N) is 1. The van der Waals surface area contributed by atoms with Crippen LogP contribution < -0.4 is 15.8 Å². The summed E-state index contributed by atoms with van der Waals surface area (Å²) in [6.07, 6.45) is 5.76. The Kier molecular flexibility index (Phi) is 5.05. The Hall–Kier alpha value is -3.23. The number of benzene rings is 1. The molecule has 0 saturated carbocycles. The number of nitrogens with zero attached hydrogens (tertiary/aromatic N) is 2. The molecule has 0 bridgehead atoms. The summed E-state index contributed by atoms with van der Waals surface area (Å²) in [6.45, 7) is 1.49. The van der Waals surface area contributed by atoms with Crippen molar-refractivity contribution in [2.45, 2.75) is 13.0 Å². The molecule has 3 heterocycles. The zero-order valence-corrected chi connectivity index (χ0v) is 15.4. The average molecular weight is 380 g/mol. The molecule has 0 saturated heterocycles. The van der Waals surface area contributed by atoms with Gasteiger partial charge in [-0.3, -0.25) is 4.79 Å². The number of furan rings is 1. The SMILES string of the molecule is COc1ccc(C2=CCOCC2)c2ncc(NC(=O)c3coc(CN)c3)nc12. The van der Waals surface area contributed by atoms with E-state index in [1.807, 2.05) is 12.1 Å². The van der Waals surface area contributed by atoms with Crippen LogP contribution in [0.1, 0.15) is 28.1 Å². The third kappa shape index (κ3) is 3.47. The molecule has 144 valence electrons. The van der Waals surface area contributed by atoms with Crippen molar-refractivity contribution in [3.05, 3.63) is 53.6 Å². The maximum absolute atomic E-state index is 12.4. The molecule has 0 atom stereocenters. The maximum Gasteiger partial charge on any atom is 0.260 e. The predicted molar refractivity (Wildman–Crippen MR) is 104 cm³/mol. The van der Waals surface area contributed by atoms with E-state index in [-0.39, 0.29) is 12.5 Å². The number of amides is 1. The van der Waals surface area contributed by atoms with Crippen LogP contribution in [0.5, 0.6) is 5.75 Å². The minimum Gasteiger partial charge on any atom is -0.494 e. The van der Waals surface area contributed by atoms with Gasteiger partial charge in [0.25, 0.3) is 5.91 Å². The topological polar surface area (TPSA) is 112 Å². The van der Waals surface area contributed by atoms with E-state index in [4.69, 9.17) is 19.6 Å². The second-order valence-electron chi connectivity index (χ2n) is 6.28. The van der Waals surface area contributed by atoms with Crippen LogP contribution in [0, 0.1) is 0 Å². The molecule has 8 heteroatoms. The largest absolute Gasteiger partial charge is 0.494 e. The third-order valence-electron chi connectivity index (χ3n) is 4.55. The molecule has 1 amide bonds. The van der Waals surface area contributed by atoms with Crippen LogP contribution in [0.2, 0.25) is 0 Å². The van der Waals surface area contributed by atoms with Gasteiger partial charge in [-0.05, 0) is 30.2 Å². The molecule has 0 radical (unpaired) electrons. The molecule has 8 nitrogen and oxygen atoms in total. The number of aromatic nitrogens is 2. The van der Waals surface area contributed by atoms with Crippen LogP contribution in [0.15, 0.2) is 41.2 Å². The lowest BCUT2D eigenvalue weighted by atomic mass is 9.99. The monoisotopic (exact) mass is 380 g/mol. The zero-order valence-electron chi connectivity index (χ0n) is 15.4. The third-order valence-corrected chi connectivity index (χ3v) is 4.55. The zero-order chi connectivity index (χ0) is 19.5. The van der Waals surface area contributed by atoms with E-state index in [2.05, 4.69) is 21.4 Å². The number of rotatable bonds is 5. The fraction of sp³-hybridized carbons (Fsp3) is 0.250. The Morgan fingerprint density at radius 2 is 2.25 bits per heavy atom. The number of carbonyl (C=O) groups is 1.